The van der Waals surface area contributed by atoms with E-state index in [-0.39, 0.29) is 166 Å². The van der Waals surface area contributed by atoms with E-state index in [1.165, 1.54) is 64.1 Å². The van der Waals surface area contributed by atoms with Crippen LogP contribution in [0.4, 0.5) is 41.2 Å². The average Bonchev–Trinajstić information content (AvgIpc) is 1.49. The number of H-pyrrole nitrogens is 1. The van der Waals surface area contributed by atoms with Crippen LogP contribution in [0.15, 0.2) is 109 Å². The highest BCUT2D eigenvalue weighted by Gasteiger charge is 2.37. The molecule has 0 aliphatic carbocycles. The number of aromatic nitrogens is 5. The number of carbonyl (C=O) groups excluding carboxylic acids is 11. The molecule has 37 heteroatoms. The molecule has 0 spiro atoms. The number of nitrogens with zero attached hydrogens (tertiary/aromatic N) is 8. The highest BCUT2D eigenvalue weighted by molar-refractivity contribution is 6.20. The molecule has 3 aromatic heterocycles. The van der Waals surface area contributed by atoms with Crippen molar-refractivity contribution in [2.75, 3.05) is 127 Å². The van der Waals surface area contributed by atoms with E-state index in [0.29, 0.717) is 44.5 Å². The van der Waals surface area contributed by atoms with Crippen molar-refractivity contribution in [3.63, 3.8) is 0 Å². The lowest BCUT2D eigenvalue weighted by Crippen LogP contribution is -2.54. The molecule has 110 heavy (non-hydrogen) atoms. The van der Waals surface area contributed by atoms with Crippen LogP contribution in [0.25, 0.3) is 21.7 Å². The summed E-state index contributed by atoms with van der Waals surface area (Å²) >= 11 is 6.66. The molecule has 0 radical (unpaired) electrons. The van der Waals surface area contributed by atoms with Crippen molar-refractivity contribution in [2.45, 2.75) is 71.3 Å². The van der Waals surface area contributed by atoms with Gasteiger partial charge in [0, 0.05) is 91.8 Å². The van der Waals surface area contributed by atoms with Gasteiger partial charge in [0.15, 0.2) is 0 Å². The maximum absolute atomic E-state index is 14.7. The summed E-state index contributed by atoms with van der Waals surface area (Å²) in [5.41, 5.74) is 9.65. The summed E-state index contributed by atoms with van der Waals surface area (Å²) in [5.74, 6) is -3.30. The summed E-state index contributed by atoms with van der Waals surface area (Å²) in [6, 6.07) is 19.4. The predicted molar refractivity (Wildman–Crippen MR) is 397 cm³/mol. The number of ether oxygens (including phenoxy) is 7. The van der Waals surface area contributed by atoms with Gasteiger partial charge in [0.25, 0.3) is 23.6 Å². The Bertz CT molecular complexity index is 4440. The zero-order valence-electron chi connectivity index (χ0n) is 60.8. The minimum absolute atomic E-state index is 0.00253. The lowest BCUT2D eigenvalue weighted by Gasteiger charge is -2.26. The van der Waals surface area contributed by atoms with E-state index in [9.17, 15) is 63.0 Å². The van der Waals surface area contributed by atoms with Gasteiger partial charge in [0.1, 0.15) is 60.6 Å². The van der Waals surface area contributed by atoms with Gasteiger partial charge in [-0.25, -0.2) is 33.6 Å². The number of aromatic amines is 1. The van der Waals surface area contributed by atoms with Crippen molar-refractivity contribution >= 4 is 116 Å². The molecule has 7 aromatic rings. The number of carbonyl (C=O) groups is 11. The van der Waals surface area contributed by atoms with Crippen LogP contribution in [-0.4, -0.2) is 239 Å². The second kappa shape index (κ2) is 40.3. The number of aliphatic hydroxyl groups excluding tert-OH is 1. The van der Waals surface area contributed by atoms with E-state index in [2.05, 4.69) is 52.2 Å². The molecule has 0 bridgehead atoms. The van der Waals surface area contributed by atoms with Crippen LogP contribution in [0.3, 0.4) is 0 Å². The number of hydrogen-bond donors (Lipinski definition) is 10. The third-order valence-electron chi connectivity index (χ3n) is 17.4. The van der Waals surface area contributed by atoms with Crippen LogP contribution in [0.1, 0.15) is 75.8 Å². The molecule has 12 amide bonds. The Morgan fingerprint density at radius 1 is 0.773 bits per heavy atom. The molecule has 4 aromatic carbocycles. The van der Waals surface area contributed by atoms with Crippen molar-refractivity contribution in [3.05, 3.63) is 143 Å². The van der Waals surface area contributed by atoms with Crippen LogP contribution in [0, 0.1) is 12.8 Å². The quantitative estimate of drug-likeness (QED) is 0.0103. The fraction of sp³-hybridized carbons (Fsp3) is 0.397. The average molecular weight is 1540 g/mol. The number of amides is 12. The van der Waals surface area contributed by atoms with Gasteiger partial charge >= 0.3 is 30.4 Å². The molecule has 9 rings (SSSR count). The third-order valence-corrected chi connectivity index (χ3v) is 17.7. The number of hydrogen-bond acceptors (Lipinski definition) is 23. The maximum Gasteiger partial charge on any atom is 0.415 e. The number of likely N-dealkylation sites (N-methyl/N-ethyl adjacent to an activating group) is 1. The van der Waals surface area contributed by atoms with Gasteiger partial charge in [-0.05, 0) is 96.3 Å². The molecular formula is C73H87ClN16O20. The molecule has 11 N–H and O–H groups in total. The molecule has 2 aliphatic heterocycles. The fourth-order valence-corrected chi connectivity index (χ4v) is 11.9. The van der Waals surface area contributed by atoms with E-state index in [1.54, 1.807) is 67.4 Å². The van der Waals surface area contributed by atoms with Crippen molar-refractivity contribution < 1.29 is 96.1 Å². The largest absolute Gasteiger partial charge is 0.508 e. The number of nitrogens with one attached hydrogen (secondary N) is 7. The van der Waals surface area contributed by atoms with Crippen LogP contribution in [0.5, 0.6) is 11.5 Å². The van der Waals surface area contributed by atoms with E-state index in [4.69, 9.17) is 50.5 Å². The Hall–Kier alpha value is -12.0. The second-order valence-corrected chi connectivity index (χ2v) is 25.9. The molecule has 0 fully saturated rings. The summed E-state index contributed by atoms with van der Waals surface area (Å²) < 4.78 is 40.1. The zero-order chi connectivity index (χ0) is 78.8. The Balaban J connectivity index is 0.729. The van der Waals surface area contributed by atoms with E-state index in [0.717, 1.165) is 21.4 Å². The topological polar surface area (TPSA) is 463 Å². The lowest BCUT2D eigenvalue weighted by molar-refractivity contribution is -0.137. The first-order valence-electron chi connectivity index (χ1n) is 35.2. The minimum atomic E-state index is -1.18. The number of nitrogens with two attached hydrogens (primary N) is 1. The molecule has 0 saturated carbocycles. The first-order valence-corrected chi connectivity index (χ1v) is 35.7. The van der Waals surface area contributed by atoms with Gasteiger partial charge in [0.05, 0.1) is 89.5 Å². The van der Waals surface area contributed by atoms with Crippen molar-refractivity contribution in [3.8, 4) is 11.5 Å². The number of alkyl carbamates (subject to hydrolysis) is 2. The maximum atomic E-state index is 14.7. The predicted octanol–water partition coefficient (Wildman–Crippen LogP) is 5.14. The first-order chi connectivity index (χ1) is 53.0. The Labute approximate surface area is 635 Å². The number of anilines is 3. The van der Waals surface area contributed by atoms with Gasteiger partial charge in [0.2, 0.25) is 11.8 Å². The standard InChI is InChI=1S/C73H87ClN16O20/c1-44(2)64(83-71(101)108-34-32-105-28-24-88-42-51(84-85-88)39-78-70(100)107-33-31-106-29-25-89-60(93)18-19-61(89)94)67(97)81-54(9-6-20-76-69(75)99)66(96)79-50-14-10-46(11-15-50)43-109-72(102)86(4)21-22-87(23-27-104-30-26-91)73(103)110-58-37-57-63(62-45(3)7-5-8-53(58)62)49(38-74)41-90(57)68(98)55-35-48-36-59(77-40-56(48)80-55)82-65(95)47-12-16-52(92)17-13-47/h5,7-8,10-19,35-37,40,42,44,49,54,64,80,91-92H,6,9,20-34,38-39,41,43H2,1-4H3,(H,78,100)(H,79,96)(H,81,97)(H,83,101)(H3,75,76,99)(H,77,82,95)/t49?,54-,64-/m0/s1. The fourth-order valence-electron chi connectivity index (χ4n) is 11.6. The van der Waals surface area contributed by atoms with Crippen LogP contribution < -0.4 is 47.3 Å². The summed E-state index contributed by atoms with van der Waals surface area (Å²) in [5, 5.41) is 44.8. The van der Waals surface area contributed by atoms with Crippen molar-refractivity contribution in [2.24, 2.45) is 11.7 Å². The zero-order valence-corrected chi connectivity index (χ0v) is 61.6. The minimum Gasteiger partial charge on any atom is -0.508 e. The Morgan fingerprint density at radius 2 is 1.49 bits per heavy atom. The highest BCUT2D eigenvalue weighted by atomic mass is 35.5. The Morgan fingerprint density at radius 3 is 2.20 bits per heavy atom. The van der Waals surface area contributed by atoms with E-state index < -0.39 is 83.8 Å². The summed E-state index contributed by atoms with van der Waals surface area (Å²) in [6.07, 6.45) is 2.47. The number of phenols is 1. The van der Waals surface area contributed by atoms with E-state index >= 15 is 0 Å². The molecule has 3 atom stereocenters. The van der Waals surface area contributed by atoms with Crippen molar-refractivity contribution in [1.82, 2.24) is 60.9 Å². The van der Waals surface area contributed by atoms with Crippen LogP contribution >= 0.6 is 11.6 Å². The number of benzene rings is 4. The number of primary amides is 1. The number of imide groups is 1. The molecule has 586 valence electrons. The normalized spacial score (nSPS) is 13.5. The van der Waals surface area contributed by atoms with Gasteiger partial charge < -0.3 is 101 Å². The van der Waals surface area contributed by atoms with E-state index in [1.807, 2.05) is 25.1 Å². The first kappa shape index (κ1) is 82.1. The molecule has 1 unspecified atom stereocenters. The van der Waals surface area contributed by atoms with Gasteiger partial charge in [-0.2, -0.15) is 0 Å². The Kier molecular flexibility index (Phi) is 30.0. The van der Waals surface area contributed by atoms with Crippen LogP contribution in [0.2, 0.25) is 0 Å². The number of fused-ring (bicyclic) bond motifs is 4. The number of urea groups is 1. The number of halogens is 1. The number of phenolic OH excluding ortho intramolecular Hbond substituents is 1. The highest BCUT2D eigenvalue weighted by Crippen LogP contribution is 2.47. The monoisotopic (exact) mass is 1540 g/mol. The number of aromatic hydroxyl groups is 1. The number of pyridine rings is 1. The molecule has 0 saturated heterocycles. The number of aryl methyl sites for hydroxylation is 1. The molecule has 5 heterocycles. The summed E-state index contributed by atoms with van der Waals surface area (Å²) in [4.78, 5) is 156. The summed E-state index contributed by atoms with van der Waals surface area (Å²) in [7, 11) is 1.48. The molecule has 36 nitrogen and oxygen atoms in total. The smallest absolute Gasteiger partial charge is 0.415 e. The van der Waals surface area contributed by atoms with Gasteiger partial charge in [-0.15, -0.1) is 16.7 Å². The van der Waals surface area contributed by atoms with Gasteiger partial charge in [-0.3, -0.25) is 33.7 Å². The lowest BCUT2D eigenvalue weighted by atomic mass is 9.92. The molecular weight excluding hydrogens is 1460 g/mol. The third kappa shape index (κ3) is 23.3. The second-order valence-electron chi connectivity index (χ2n) is 25.6. The number of alkyl halides is 1. The van der Waals surface area contributed by atoms with Gasteiger partial charge in [-0.1, -0.05) is 49.4 Å². The van der Waals surface area contributed by atoms with Crippen LogP contribution in [-0.2, 0) is 67.3 Å². The molecule has 2 aliphatic rings. The van der Waals surface area contributed by atoms with Crippen molar-refractivity contribution in [1.29, 1.82) is 0 Å². The SMILES string of the molecule is Cc1cccc2c(OC(=O)N(CCOCCO)CCN(C)C(=O)OCc3ccc(NC(=O)[C@H](CCCNC(N)=O)NC(=O)[C@@H](NC(=O)OCCOCCn4cc(CNC(=O)OCCOCCN5C(=O)C=CC5=O)nn4)C(C)C)cc3)cc3c(c12)C(CCl)CN3C(=O)c1cc2cc(NC(=O)c3ccc(O)cc3)ncc2[nH]1. The summed E-state index contributed by atoms with van der Waals surface area (Å²) in [6.45, 7) is 5.27. The number of rotatable bonds is 39. The number of aliphatic hydroxyl groups is 1.